The van der Waals surface area contributed by atoms with Crippen LogP contribution >= 0.6 is 0 Å². The van der Waals surface area contributed by atoms with Crippen molar-refractivity contribution >= 4 is 16.8 Å². The van der Waals surface area contributed by atoms with E-state index >= 15 is 0 Å². The number of rotatable bonds is 3. The predicted molar refractivity (Wildman–Crippen MR) is 93.0 cm³/mol. The van der Waals surface area contributed by atoms with Crippen LogP contribution in [0.2, 0.25) is 0 Å². The molecule has 2 aliphatic carbocycles. The van der Waals surface area contributed by atoms with Crippen molar-refractivity contribution in [2.45, 2.75) is 39.0 Å². The third-order valence-electron chi connectivity index (χ3n) is 4.53. The fourth-order valence-corrected chi connectivity index (χ4v) is 3.33. The van der Waals surface area contributed by atoms with Crippen molar-refractivity contribution < 1.29 is 9.25 Å². The first kappa shape index (κ1) is 15.6. The molecule has 0 atom stereocenters. The molecule has 7 heteroatoms. The van der Waals surface area contributed by atoms with Crippen LogP contribution in [0.5, 0.6) is 6.01 Å². The molecular formula is C18H17N3O4. The topological polar surface area (TPSA) is 97.5 Å². The van der Waals surface area contributed by atoms with Gasteiger partial charge in [-0.15, -0.1) is 0 Å². The lowest BCUT2D eigenvalue weighted by atomic mass is 9.92. The molecule has 2 heterocycles. The molecule has 1 N–H and O–H groups in total. The fraction of sp³-hybridized carbons (Fsp3) is 0.333. The smallest absolute Gasteiger partial charge is 0.337 e. The highest BCUT2D eigenvalue weighted by atomic mass is 16.6. The molecule has 0 saturated heterocycles. The summed E-state index contributed by atoms with van der Waals surface area (Å²) in [5.74, 6) is 0. The minimum atomic E-state index is -0.544. The van der Waals surface area contributed by atoms with E-state index in [0.29, 0.717) is 12.0 Å². The van der Waals surface area contributed by atoms with E-state index < -0.39 is 11.2 Å². The Kier molecular flexibility index (Phi) is 3.83. The van der Waals surface area contributed by atoms with Crippen molar-refractivity contribution in [2.24, 2.45) is 5.16 Å². The van der Waals surface area contributed by atoms with E-state index in [2.05, 4.69) is 27.3 Å². The maximum atomic E-state index is 12.3. The van der Waals surface area contributed by atoms with Crippen LogP contribution < -0.4 is 16.0 Å². The Morgan fingerprint density at radius 3 is 3.08 bits per heavy atom. The summed E-state index contributed by atoms with van der Waals surface area (Å²) in [6.45, 7) is 1.85. The zero-order chi connectivity index (χ0) is 17.4. The first-order chi connectivity index (χ1) is 12.2. The fourth-order valence-electron chi connectivity index (χ4n) is 3.33. The summed E-state index contributed by atoms with van der Waals surface area (Å²) in [4.78, 5) is 35.9. The number of hydrogen-bond acceptors (Lipinski definition) is 6. The highest BCUT2D eigenvalue weighted by Crippen LogP contribution is 2.31. The average molecular weight is 339 g/mol. The number of fused-ring (bicyclic) bond motifs is 1. The molecule has 0 fully saturated rings. The van der Waals surface area contributed by atoms with Gasteiger partial charge in [0.05, 0.1) is 5.71 Å². The zero-order valence-corrected chi connectivity index (χ0v) is 13.8. The Balaban J connectivity index is 1.72. The molecule has 0 aromatic carbocycles. The highest BCUT2D eigenvalue weighted by Gasteiger charge is 2.20. The van der Waals surface area contributed by atoms with Crippen LogP contribution in [0.4, 0.5) is 0 Å². The van der Waals surface area contributed by atoms with Gasteiger partial charge in [-0.05, 0) is 43.2 Å². The SMILES string of the molecule is CCc1cc(=O)oc2nc(ON=C3CCCC4=C3C=CC4)[nH]c(=O)c12. The Bertz CT molecular complexity index is 1060. The van der Waals surface area contributed by atoms with Gasteiger partial charge in [0.15, 0.2) is 0 Å². The molecule has 0 amide bonds. The summed E-state index contributed by atoms with van der Waals surface area (Å²) in [5.41, 5.74) is 2.94. The van der Waals surface area contributed by atoms with Crippen LogP contribution in [-0.2, 0) is 6.42 Å². The Labute approximate surface area is 142 Å². The molecule has 0 bridgehead atoms. The van der Waals surface area contributed by atoms with Gasteiger partial charge in [0.1, 0.15) is 5.39 Å². The Morgan fingerprint density at radius 2 is 2.24 bits per heavy atom. The number of nitrogens with zero attached hydrogens (tertiary/aromatic N) is 2. The normalized spacial score (nSPS) is 18.2. The van der Waals surface area contributed by atoms with Crippen LogP contribution in [0.15, 0.2) is 48.5 Å². The summed E-state index contributed by atoms with van der Waals surface area (Å²) in [7, 11) is 0. The van der Waals surface area contributed by atoms with Crippen molar-refractivity contribution in [3.05, 3.63) is 55.7 Å². The molecule has 0 saturated carbocycles. The quantitative estimate of drug-likeness (QED) is 0.867. The van der Waals surface area contributed by atoms with E-state index in [4.69, 9.17) is 9.25 Å². The van der Waals surface area contributed by atoms with Gasteiger partial charge >= 0.3 is 11.6 Å². The molecule has 0 aliphatic heterocycles. The van der Waals surface area contributed by atoms with Gasteiger partial charge in [-0.1, -0.05) is 29.8 Å². The lowest BCUT2D eigenvalue weighted by Crippen LogP contribution is -2.15. The number of allylic oxidation sites excluding steroid dienone is 4. The maximum absolute atomic E-state index is 12.3. The third-order valence-corrected chi connectivity index (χ3v) is 4.53. The lowest BCUT2D eigenvalue weighted by molar-refractivity contribution is 0.309. The molecule has 7 nitrogen and oxygen atoms in total. The molecule has 2 aromatic heterocycles. The van der Waals surface area contributed by atoms with E-state index in [-0.39, 0.29) is 17.1 Å². The van der Waals surface area contributed by atoms with Gasteiger partial charge < -0.3 is 9.25 Å². The molecule has 2 aromatic rings. The predicted octanol–water partition coefficient (Wildman–Crippen LogP) is 2.61. The van der Waals surface area contributed by atoms with Crippen molar-refractivity contribution in [1.82, 2.24) is 9.97 Å². The molecule has 0 unspecified atom stereocenters. The first-order valence-corrected chi connectivity index (χ1v) is 8.35. The molecule has 0 spiro atoms. The second-order valence-corrected chi connectivity index (χ2v) is 6.10. The number of hydrogen-bond donors (Lipinski definition) is 1. The number of H-pyrrole nitrogens is 1. The van der Waals surface area contributed by atoms with Crippen LogP contribution in [0.1, 0.15) is 38.2 Å². The third kappa shape index (κ3) is 2.82. The molecule has 0 radical (unpaired) electrons. The molecule has 128 valence electrons. The van der Waals surface area contributed by atoms with Crippen molar-refractivity contribution in [3.8, 4) is 6.01 Å². The highest BCUT2D eigenvalue weighted by molar-refractivity contribution is 6.04. The molecule has 2 aliphatic rings. The minimum Gasteiger partial charge on any atom is -0.403 e. The summed E-state index contributed by atoms with van der Waals surface area (Å²) < 4.78 is 5.05. The van der Waals surface area contributed by atoms with Gasteiger partial charge in [0, 0.05) is 6.07 Å². The summed E-state index contributed by atoms with van der Waals surface area (Å²) >= 11 is 0. The van der Waals surface area contributed by atoms with Crippen LogP contribution in [0, 0.1) is 0 Å². The van der Waals surface area contributed by atoms with Gasteiger partial charge in [-0.2, -0.15) is 4.98 Å². The van der Waals surface area contributed by atoms with Gasteiger partial charge in [0.25, 0.3) is 5.56 Å². The summed E-state index contributed by atoms with van der Waals surface area (Å²) in [6, 6.07) is 1.22. The van der Waals surface area contributed by atoms with E-state index in [1.54, 1.807) is 0 Å². The monoisotopic (exact) mass is 339 g/mol. The van der Waals surface area contributed by atoms with E-state index in [1.165, 1.54) is 11.6 Å². The Morgan fingerprint density at radius 1 is 1.36 bits per heavy atom. The number of aromatic nitrogens is 2. The second kappa shape index (κ2) is 6.16. The minimum absolute atomic E-state index is 0.0346. The number of nitrogens with one attached hydrogen (secondary N) is 1. The van der Waals surface area contributed by atoms with Crippen LogP contribution in [0.25, 0.3) is 11.1 Å². The van der Waals surface area contributed by atoms with Crippen LogP contribution in [0.3, 0.4) is 0 Å². The lowest BCUT2D eigenvalue weighted by Gasteiger charge is -2.15. The summed E-state index contributed by atoms with van der Waals surface area (Å²) in [5, 5.41) is 4.43. The number of aryl methyl sites for hydroxylation is 1. The van der Waals surface area contributed by atoms with Crippen molar-refractivity contribution in [3.63, 3.8) is 0 Å². The van der Waals surface area contributed by atoms with Crippen molar-refractivity contribution in [2.75, 3.05) is 0 Å². The zero-order valence-electron chi connectivity index (χ0n) is 13.8. The van der Waals surface area contributed by atoms with E-state index in [0.717, 1.165) is 37.0 Å². The van der Waals surface area contributed by atoms with E-state index in [1.807, 2.05) is 6.92 Å². The van der Waals surface area contributed by atoms with Crippen LogP contribution in [-0.4, -0.2) is 15.7 Å². The van der Waals surface area contributed by atoms with Crippen molar-refractivity contribution in [1.29, 1.82) is 0 Å². The number of aromatic amines is 1. The number of oxime groups is 1. The first-order valence-electron chi connectivity index (χ1n) is 8.35. The average Bonchev–Trinajstić information content (AvgIpc) is 3.08. The van der Waals surface area contributed by atoms with E-state index in [9.17, 15) is 9.59 Å². The molecular weight excluding hydrogens is 322 g/mol. The largest absolute Gasteiger partial charge is 0.403 e. The molecule has 4 rings (SSSR count). The van der Waals surface area contributed by atoms with Gasteiger partial charge in [0.2, 0.25) is 5.71 Å². The Hall–Kier alpha value is -2.96. The van der Waals surface area contributed by atoms with Gasteiger partial charge in [-0.3, -0.25) is 9.78 Å². The maximum Gasteiger partial charge on any atom is 0.337 e. The molecule has 25 heavy (non-hydrogen) atoms. The standard InChI is InChI=1S/C18H17N3O4/c1-2-10-9-14(22)24-17-15(10)16(23)19-18(20-17)25-21-13-8-4-6-11-5-3-7-12(11)13/h3,7,9H,2,4-6,8H2,1H3,(H,19,20,23). The summed E-state index contributed by atoms with van der Waals surface area (Å²) in [6.07, 6.45) is 8.58. The second-order valence-electron chi connectivity index (χ2n) is 6.10. The van der Waals surface area contributed by atoms with Gasteiger partial charge in [-0.25, -0.2) is 4.79 Å².